The van der Waals surface area contributed by atoms with Gasteiger partial charge in [-0.05, 0) is 58.9 Å². The van der Waals surface area contributed by atoms with Gasteiger partial charge in [0.1, 0.15) is 0 Å². The van der Waals surface area contributed by atoms with Gasteiger partial charge < -0.3 is 0 Å². The summed E-state index contributed by atoms with van der Waals surface area (Å²) in [6.45, 7) is 6.84. The first-order chi connectivity index (χ1) is 14.5. The third kappa shape index (κ3) is 3.64. The molecule has 0 aliphatic carbocycles. The number of fused-ring (bicyclic) bond motifs is 3. The molecule has 0 radical (unpaired) electrons. The molecule has 30 heavy (non-hydrogen) atoms. The van der Waals surface area contributed by atoms with E-state index >= 15 is 0 Å². The lowest BCUT2D eigenvalue weighted by Gasteiger charge is -2.18. The van der Waals surface area contributed by atoms with E-state index in [1.807, 2.05) is 17.5 Å². The molecule has 2 aromatic heterocycles. The van der Waals surface area contributed by atoms with Gasteiger partial charge in [-0.15, -0.1) is 11.3 Å². The fraction of sp³-hybridized carbons (Fsp3) is 0.179. The van der Waals surface area contributed by atoms with Gasteiger partial charge in [0.05, 0.1) is 5.69 Å². The molecule has 1 nitrogen and oxygen atoms in total. The number of nitrogens with zero attached hydrogens (tertiary/aromatic N) is 1. The molecule has 5 rings (SSSR count). The van der Waals surface area contributed by atoms with Gasteiger partial charge in [0, 0.05) is 31.9 Å². The van der Waals surface area contributed by atoms with E-state index in [9.17, 15) is 0 Å². The Morgan fingerprint density at radius 2 is 1.60 bits per heavy atom. The van der Waals surface area contributed by atoms with Crippen LogP contribution < -0.4 is 0 Å². The van der Waals surface area contributed by atoms with Gasteiger partial charge in [-0.1, -0.05) is 69.3 Å². The van der Waals surface area contributed by atoms with Crippen LogP contribution in [0.5, 0.6) is 0 Å². The van der Waals surface area contributed by atoms with Gasteiger partial charge >= 0.3 is 0 Å². The van der Waals surface area contributed by atoms with E-state index in [-0.39, 0.29) is 5.41 Å². The zero-order chi connectivity index (χ0) is 20.7. The van der Waals surface area contributed by atoms with Gasteiger partial charge in [-0.3, -0.25) is 4.98 Å². The fourth-order valence-electron chi connectivity index (χ4n) is 4.20. The predicted octanol–water partition coefficient (Wildman–Crippen LogP) is 8.37. The molecule has 0 amide bonds. The molecule has 0 saturated heterocycles. The molecule has 0 N–H and O–H groups in total. The standard InChI is InChI=1S/C28H25NS/c1-28(2,3)18-19-14-15-29-24(16-19)21-12-13-25-23(17-21)27-22(10-7-11-26(27)30-25)20-8-5-4-6-9-20/h4-17H,18H2,1-3H3. The summed E-state index contributed by atoms with van der Waals surface area (Å²) in [4.78, 5) is 4.69. The lowest BCUT2D eigenvalue weighted by Crippen LogP contribution is -2.09. The second-order valence-corrected chi connectivity index (χ2v) is 10.2. The van der Waals surface area contributed by atoms with Crippen LogP contribution >= 0.6 is 11.3 Å². The van der Waals surface area contributed by atoms with Crippen molar-refractivity contribution in [2.75, 3.05) is 0 Å². The summed E-state index contributed by atoms with van der Waals surface area (Å²) in [5.74, 6) is 0. The second-order valence-electron chi connectivity index (χ2n) is 9.14. The highest BCUT2D eigenvalue weighted by Crippen LogP contribution is 2.41. The summed E-state index contributed by atoms with van der Waals surface area (Å²) in [7, 11) is 0. The van der Waals surface area contributed by atoms with Gasteiger partial charge in [-0.2, -0.15) is 0 Å². The van der Waals surface area contributed by atoms with Gasteiger partial charge in [0.2, 0.25) is 0 Å². The number of rotatable bonds is 3. The lowest BCUT2D eigenvalue weighted by atomic mass is 9.88. The molecule has 3 aromatic carbocycles. The number of hydrogen-bond acceptors (Lipinski definition) is 2. The fourth-order valence-corrected chi connectivity index (χ4v) is 5.31. The molecular formula is C28H25NS. The summed E-state index contributed by atoms with van der Waals surface area (Å²) in [6, 6.07) is 28.5. The van der Waals surface area contributed by atoms with Crippen LogP contribution in [0.4, 0.5) is 0 Å². The van der Waals surface area contributed by atoms with Crippen molar-refractivity contribution >= 4 is 31.5 Å². The predicted molar refractivity (Wildman–Crippen MR) is 131 cm³/mol. The van der Waals surface area contributed by atoms with Crippen molar-refractivity contribution in [1.82, 2.24) is 4.98 Å². The highest BCUT2D eigenvalue weighted by Gasteiger charge is 2.14. The smallest absolute Gasteiger partial charge is 0.0704 e. The Morgan fingerprint density at radius 3 is 2.40 bits per heavy atom. The molecule has 2 heteroatoms. The quantitative estimate of drug-likeness (QED) is 0.293. The van der Waals surface area contributed by atoms with E-state index in [2.05, 4.69) is 99.6 Å². The maximum Gasteiger partial charge on any atom is 0.0704 e. The molecule has 0 fully saturated rings. The molecule has 0 saturated carbocycles. The first-order valence-electron chi connectivity index (χ1n) is 10.4. The third-order valence-corrected chi connectivity index (χ3v) is 6.57. The van der Waals surface area contributed by atoms with E-state index in [4.69, 9.17) is 4.98 Å². The number of pyridine rings is 1. The maximum atomic E-state index is 4.69. The lowest BCUT2D eigenvalue weighted by molar-refractivity contribution is 0.411. The van der Waals surface area contributed by atoms with Crippen molar-refractivity contribution in [2.24, 2.45) is 5.41 Å². The molecule has 0 unspecified atom stereocenters. The Bertz CT molecular complexity index is 1340. The summed E-state index contributed by atoms with van der Waals surface area (Å²) in [5, 5.41) is 2.66. The van der Waals surface area contributed by atoms with Crippen LogP contribution in [0, 0.1) is 5.41 Å². The largest absolute Gasteiger partial charge is 0.256 e. The third-order valence-electron chi connectivity index (χ3n) is 5.43. The Kier molecular flexibility index (Phi) is 4.67. The van der Waals surface area contributed by atoms with Crippen LogP contribution in [0.3, 0.4) is 0 Å². The van der Waals surface area contributed by atoms with Crippen LogP contribution in [0.15, 0.2) is 85.1 Å². The SMILES string of the molecule is CC(C)(C)Cc1ccnc(-c2ccc3sc4cccc(-c5ccccc5)c4c3c2)c1. The first kappa shape index (κ1) is 19.0. The summed E-state index contributed by atoms with van der Waals surface area (Å²) >= 11 is 1.87. The molecule has 2 heterocycles. The zero-order valence-electron chi connectivity index (χ0n) is 17.6. The van der Waals surface area contributed by atoms with E-state index < -0.39 is 0 Å². The van der Waals surface area contributed by atoms with E-state index in [1.165, 1.54) is 42.4 Å². The Morgan fingerprint density at radius 1 is 0.767 bits per heavy atom. The molecule has 0 bridgehead atoms. The van der Waals surface area contributed by atoms with Crippen LogP contribution in [0.25, 0.3) is 42.6 Å². The molecule has 5 aromatic rings. The first-order valence-corrected chi connectivity index (χ1v) is 11.3. The minimum absolute atomic E-state index is 0.261. The van der Waals surface area contributed by atoms with Crippen molar-refractivity contribution in [1.29, 1.82) is 0 Å². The Balaban J connectivity index is 1.68. The number of aromatic nitrogens is 1. The molecule has 0 atom stereocenters. The average Bonchev–Trinajstić information content (AvgIpc) is 3.11. The van der Waals surface area contributed by atoms with Gasteiger partial charge in [0.15, 0.2) is 0 Å². The summed E-state index contributed by atoms with van der Waals surface area (Å²) in [6.07, 6.45) is 2.99. The van der Waals surface area contributed by atoms with Crippen molar-refractivity contribution in [3.63, 3.8) is 0 Å². The van der Waals surface area contributed by atoms with Crippen LogP contribution in [0.2, 0.25) is 0 Å². The maximum absolute atomic E-state index is 4.69. The van der Waals surface area contributed by atoms with Gasteiger partial charge in [0.25, 0.3) is 0 Å². The Labute approximate surface area is 182 Å². The number of thiophene rings is 1. The van der Waals surface area contributed by atoms with E-state index in [0.717, 1.165) is 12.1 Å². The molecule has 148 valence electrons. The number of hydrogen-bond donors (Lipinski definition) is 0. The Hall–Kier alpha value is -2.97. The van der Waals surface area contributed by atoms with Crippen LogP contribution in [-0.2, 0) is 6.42 Å². The minimum Gasteiger partial charge on any atom is -0.256 e. The van der Waals surface area contributed by atoms with Gasteiger partial charge in [-0.25, -0.2) is 0 Å². The van der Waals surface area contributed by atoms with Crippen molar-refractivity contribution < 1.29 is 0 Å². The van der Waals surface area contributed by atoms with Crippen LogP contribution in [0.1, 0.15) is 26.3 Å². The highest BCUT2D eigenvalue weighted by molar-refractivity contribution is 7.25. The van der Waals surface area contributed by atoms with Crippen molar-refractivity contribution in [3.8, 4) is 22.4 Å². The number of benzene rings is 3. The van der Waals surface area contributed by atoms with Crippen molar-refractivity contribution in [3.05, 3.63) is 90.6 Å². The van der Waals surface area contributed by atoms with Crippen molar-refractivity contribution in [2.45, 2.75) is 27.2 Å². The van der Waals surface area contributed by atoms with E-state index in [0.29, 0.717) is 0 Å². The molecule has 0 spiro atoms. The average molecular weight is 408 g/mol. The minimum atomic E-state index is 0.261. The zero-order valence-corrected chi connectivity index (χ0v) is 18.5. The molecule has 0 aliphatic rings. The van der Waals surface area contributed by atoms with Crippen LogP contribution in [-0.4, -0.2) is 4.98 Å². The highest BCUT2D eigenvalue weighted by atomic mass is 32.1. The molecular weight excluding hydrogens is 382 g/mol. The summed E-state index contributed by atoms with van der Waals surface area (Å²) < 4.78 is 2.65. The second kappa shape index (κ2) is 7.37. The molecule has 0 aliphatic heterocycles. The topological polar surface area (TPSA) is 12.9 Å². The summed E-state index contributed by atoms with van der Waals surface area (Å²) in [5.41, 5.74) is 6.39. The monoisotopic (exact) mass is 407 g/mol. The normalized spacial score (nSPS) is 12.0. The van der Waals surface area contributed by atoms with E-state index in [1.54, 1.807) is 0 Å².